The molecule has 0 fully saturated rings. The average molecular weight is 255 g/mol. The number of rotatable bonds is 5. The number of carbonyl (C=O) groups is 2. The predicted molar refractivity (Wildman–Crippen MR) is 65.7 cm³/mol. The zero-order valence-electron chi connectivity index (χ0n) is 9.30. The fraction of sp³-hybridized carbons (Fsp3) is 0.273. The molecule has 0 amide bonds. The lowest BCUT2D eigenvalue weighted by atomic mass is 10.2. The van der Waals surface area contributed by atoms with Crippen molar-refractivity contribution in [1.29, 1.82) is 0 Å². The number of ether oxygens (including phenoxy) is 1. The highest BCUT2D eigenvalue weighted by Crippen LogP contribution is 2.26. The number of aliphatic carboxylic acids is 1. The summed E-state index contributed by atoms with van der Waals surface area (Å²) in [4.78, 5) is 22.3. The quantitative estimate of drug-likeness (QED) is 0.615. The second kappa shape index (κ2) is 6.05. The first-order chi connectivity index (χ1) is 8.02. The third-order valence-electron chi connectivity index (χ3n) is 1.89. The molecule has 0 saturated carbocycles. The fourth-order valence-electron chi connectivity index (χ4n) is 1.21. The SMILES string of the molecule is CCOC(=O)Cc1cc(/C=C/C(=O)O)sc1N. The first-order valence-corrected chi connectivity index (χ1v) is 5.79. The number of thiophene rings is 1. The van der Waals surface area contributed by atoms with Crippen LogP contribution in [-0.4, -0.2) is 23.7 Å². The van der Waals surface area contributed by atoms with Gasteiger partial charge < -0.3 is 15.6 Å². The van der Waals surface area contributed by atoms with Crippen molar-refractivity contribution < 1.29 is 19.4 Å². The molecule has 0 saturated heterocycles. The van der Waals surface area contributed by atoms with Gasteiger partial charge in [-0.25, -0.2) is 4.79 Å². The third kappa shape index (κ3) is 4.28. The number of anilines is 1. The standard InChI is InChI=1S/C11H13NO4S/c1-2-16-10(15)6-7-5-8(17-11(7)12)3-4-9(13)14/h3-5H,2,6,12H2,1H3,(H,13,14)/b4-3+. The molecule has 0 aliphatic carbocycles. The molecule has 0 aromatic carbocycles. The molecule has 5 nitrogen and oxygen atoms in total. The van der Waals surface area contributed by atoms with Crippen LogP contribution in [0.5, 0.6) is 0 Å². The lowest BCUT2D eigenvalue weighted by molar-refractivity contribution is -0.142. The van der Waals surface area contributed by atoms with Gasteiger partial charge in [-0.05, 0) is 24.6 Å². The molecule has 1 aromatic rings. The van der Waals surface area contributed by atoms with E-state index in [0.717, 1.165) is 6.08 Å². The lowest BCUT2D eigenvalue weighted by Crippen LogP contribution is -2.07. The highest BCUT2D eigenvalue weighted by molar-refractivity contribution is 7.17. The summed E-state index contributed by atoms with van der Waals surface area (Å²) in [5.74, 6) is -1.37. The Hall–Kier alpha value is -1.82. The summed E-state index contributed by atoms with van der Waals surface area (Å²) in [7, 11) is 0. The van der Waals surface area contributed by atoms with Crippen LogP contribution in [0.4, 0.5) is 5.00 Å². The summed E-state index contributed by atoms with van der Waals surface area (Å²) in [6.07, 6.45) is 2.58. The van der Waals surface area contributed by atoms with Crippen LogP contribution in [0.3, 0.4) is 0 Å². The summed E-state index contributed by atoms with van der Waals surface area (Å²) in [6.45, 7) is 2.06. The van der Waals surface area contributed by atoms with Crippen LogP contribution >= 0.6 is 11.3 Å². The summed E-state index contributed by atoms with van der Waals surface area (Å²) in [5.41, 5.74) is 6.39. The highest BCUT2D eigenvalue weighted by Gasteiger charge is 2.10. The number of carboxylic acid groups (broad SMARTS) is 1. The Morgan fingerprint density at radius 2 is 2.29 bits per heavy atom. The maximum atomic E-state index is 11.3. The van der Waals surface area contributed by atoms with Gasteiger partial charge in [0.1, 0.15) is 0 Å². The van der Waals surface area contributed by atoms with Crippen LogP contribution in [0, 0.1) is 0 Å². The van der Waals surface area contributed by atoms with Gasteiger partial charge in [-0.2, -0.15) is 0 Å². The number of esters is 1. The van der Waals surface area contributed by atoms with E-state index in [1.807, 2.05) is 0 Å². The topological polar surface area (TPSA) is 89.6 Å². The van der Waals surface area contributed by atoms with Gasteiger partial charge in [-0.15, -0.1) is 11.3 Å². The summed E-state index contributed by atoms with van der Waals surface area (Å²) in [6, 6.07) is 1.69. The highest BCUT2D eigenvalue weighted by atomic mass is 32.1. The van der Waals surface area contributed by atoms with Crippen LogP contribution in [0.1, 0.15) is 17.4 Å². The minimum absolute atomic E-state index is 0.108. The number of nitrogen functional groups attached to an aromatic ring is 1. The summed E-state index contributed by atoms with van der Waals surface area (Å²) >= 11 is 1.24. The van der Waals surface area contributed by atoms with Gasteiger partial charge in [0.05, 0.1) is 18.0 Å². The zero-order chi connectivity index (χ0) is 12.8. The van der Waals surface area contributed by atoms with Crippen LogP contribution in [0.25, 0.3) is 6.08 Å². The monoisotopic (exact) mass is 255 g/mol. The van der Waals surface area contributed by atoms with E-state index in [0.29, 0.717) is 22.0 Å². The Bertz CT molecular complexity index is 450. The first-order valence-electron chi connectivity index (χ1n) is 4.97. The van der Waals surface area contributed by atoms with Gasteiger partial charge in [0.2, 0.25) is 0 Å². The molecular formula is C11H13NO4S. The van der Waals surface area contributed by atoms with Gasteiger partial charge in [0.25, 0.3) is 0 Å². The van der Waals surface area contributed by atoms with Crippen molar-refractivity contribution in [1.82, 2.24) is 0 Å². The minimum Gasteiger partial charge on any atom is -0.478 e. The molecule has 1 aromatic heterocycles. The van der Waals surface area contributed by atoms with Crippen molar-refractivity contribution in [3.63, 3.8) is 0 Å². The summed E-state index contributed by atoms with van der Waals surface area (Å²) in [5, 5.41) is 8.98. The molecule has 6 heteroatoms. The zero-order valence-corrected chi connectivity index (χ0v) is 10.1. The Morgan fingerprint density at radius 1 is 1.59 bits per heavy atom. The number of carboxylic acids is 1. The second-order valence-electron chi connectivity index (χ2n) is 3.19. The van der Waals surface area contributed by atoms with Crippen molar-refractivity contribution in [2.24, 2.45) is 0 Å². The van der Waals surface area contributed by atoms with E-state index >= 15 is 0 Å². The molecule has 0 aliphatic heterocycles. The molecule has 0 spiro atoms. The van der Waals surface area contributed by atoms with Gasteiger partial charge >= 0.3 is 11.9 Å². The Balaban J connectivity index is 2.75. The molecule has 1 rings (SSSR count). The van der Waals surface area contributed by atoms with Crippen molar-refractivity contribution in [2.75, 3.05) is 12.3 Å². The molecule has 0 atom stereocenters. The van der Waals surface area contributed by atoms with Crippen LogP contribution in [0.15, 0.2) is 12.1 Å². The molecular weight excluding hydrogens is 242 g/mol. The van der Waals surface area contributed by atoms with E-state index in [1.165, 1.54) is 17.4 Å². The minimum atomic E-state index is -1.02. The van der Waals surface area contributed by atoms with E-state index in [9.17, 15) is 9.59 Å². The molecule has 0 bridgehead atoms. The largest absolute Gasteiger partial charge is 0.478 e. The van der Waals surface area contributed by atoms with E-state index < -0.39 is 5.97 Å². The van der Waals surface area contributed by atoms with E-state index in [-0.39, 0.29) is 12.4 Å². The Labute approximate surface area is 103 Å². The fourth-order valence-corrected chi connectivity index (χ4v) is 2.06. The van der Waals surface area contributed by atoms with Crippen molar-refractivity contribution >= 4 is 34.4 Å². The number of carbonyl (C=O) groups excluding carboxylic acids is 1. The number of hydrogen-bond acceptors (Lipinski definition) is 5. The Kier molecular flexibility index (Phi) is 4.71. The normalized spacial score (nSPS) is 10.6. The number of nitrogens with two attached hydrogens (primary N) is 1. The van der Waals surface area contributed by atoms with Crippen molar-refractivity contribution in [3.8, 4) is 0 Å². The number of hydrogen-bond donors (Lipinski definition) is 2. The van der Waals surface area contributed by atoms with E-state index in [4.69, 9.17) is 15.6 Å². The maximum Gasteiger partial charge on any atom is 0.328 e. The molecule has 92 valence electrons. The van der Waals surface area contributed by atoms with Gasteiger partial charge in [-0.3, -0.25) is 4.79 Å². The smallest absolute Gasteiger partial charge is 0.328 e. The molecule has 3 N–H and O–H groups in total. The molecule has 0 unspecified atom stereocenters. The Morgan fingerprint density at radius 3 is 2.88 bits per heavy atom. The summed E-state index contributed by atoms with van der Waals surface area (Å²) < 4.78 is 4.81. The van der Waals surface area contributed by atoms with Gasteiger partial charge in [0.15, 0.2) is 0 Å². The van der Waals surface area contributed by atoms with Crippen molar-refractivity contribution in [2.45, 2.75) is 13.3 Å². The van der Waals surface area contributed by atoms with Gasteiger partial charge in [-0.1, -0.05) is 0 Å². The maximum absolute atomic E-state index is 11.3. The van der Waals surface area contributed by atoms with Gasteiger partial charge in [0, 0.05) is 11.0 Å². The molecule has 0 aliphatic rings. The van der Waals surface area contributed by atoms with E-state index in [1.54, 1.807) is 13.0 Å². The van der Waals surface area contributed by atoms with Crippen LogP contribution < -0.4 is 5.73 Å². The van der Waals surface area contributed by atoms with Crippen LogP contribution in [-0.2, 0) is 20.7 Å². The predicted octanol–water partition coefficient (Wildman–Crippen LogP) is 1.53. The van der Waals surface area contributed by atoms with E-state index in [2.05, 4.69) is 0 Å². The van der Waals surface area contributed by atoms with Crippen LogP contribution in [0.2, 0.25) is 0 Å². The average Bonchev–Trinajstić information content (AvgIpc) is 2.57. The van der Waals surface area contributed by atoms with Crippen molar-refractivity contribution in [3.05, 3.63) is 22.6 Å². The third-order valence-corrected chi connectivity index (χ3v) is 2.86. The lowest BCUT2D eigenvalue weighted by Gasteiger charge is -1.99. The second-order valence-corrected chi connectivity index (χ2v) is 4.31. The molecule has 0 radical (unpaired) electrons. The first kappa shape index (κ1) is 13.2. The molecule has 17 heavy (non-hydrogen) atoms. The molecule has 1 heterocycles.